The minimum atomic E-state index is 0.403. The highest BCUT2D eigenvalue weighted by Gasteiger charge is 2.19. The largest absolute Gasteiger partial charge is 0.489 e. The van der Waals surface area contributed by atoms with Crippen molar-refractivity contribution in [3.8, 4) is 5.75 Å². The van der Waals surface area contributed by atoms with E-state index in [0.717, 1.165) is 35.8 Å². The molecule has 1 saturated heterocycles. The first kappa shape index (κ1) is 14.2. The van der Waals surface area contributed by atoms with Crippen LogP contribution < -0.4 is 4.74 Å². The Balaban J connectivity index is 1.46. The predicted octanol–water partition coefficient (Wildman–Crippen LogP) is 3.84. The Morgan fingerprint density at radius 3 is 2.48 bits per heavy atom. The van der Waals surface area contributed by atoms with E-state index in [0.29, 0.717) is 6.10 Å². The lowest BCUT2D eigenvalue weighted by Crippen LogP contribution is -2.30. The van der Waals surface area contributed by atoms with Crippen LogP contribution >= 0.6 is 11.8 Å². The van der Waals surface area contributed by atoms with Crippen molar-refractivity contribution < 1.29 is 4.74 Å². The Morgan fingerprint density at radius 1 is 1.05 bits per heavy atom. The van der Waals surface area contributed by atoms with Gasteiger partial charge in [-0.1, -0.05) is 30.3 Å². The fraction of sp³-hybridized carbons (Fsp3) is 0.278. The fourth-order valence-corrected chi connectivity index (χ4v) is 2.68. The number of hydrogen-bond acceptors (Lipinski definition) is 3. The van der Waals surface area contributed by atoms with Gasteiger partial charge in [-0.05, 0) is 41.8 Å². The zero-order valence-electron chi connectivity index (χ0n) is 11.9. The van der Waals surface area contributed by atoms with E-state index < -0.39 is 0 Å². The average Bonchev–Trinajstić information content (AvgIpc) is 2.50. The number of benzene rings is 2. The molecule has 0 radical (unpaired) electrons. The van der Waals surface area contributed by atoms with Crippen LogP contribution in [0.5, 0.6) is 5.75 Å². The van der Waals surface area contributed by atoms with Crippen LogP contribution in [0.3, 0.4) is 0 Å². The van der Waals surface area contributed by atoms with Gasteiger partial charge >= 0.3 is 0 Å². The molecule has 3 heteroatoms. The zero-order valence-corrected chi connectivity index (χ0v) is 12.8. The lowest BCUT2D eigenvalue weighted by molar-refractivity contribution is 0.240. The summed E-state index contributed by atoms with van der Waals surface area (Å²) >= 11 is 1.93. The van der Waals surface area contributed by atoms with Gasteiger partial charge in [0.15, 0.2) is 0 Å². The van der Waals surface area contributed by atoms with Crippen LogP contribution in [-0.4, -0.2) is 30.4 Å². The van der Waals surface area contributed by atoms with Gasteiger partial charge in [-0.3, -0.25) is 4.99 Å². The first-order valence-electron chi connectivity index (χ1n) is 7.28. The summed E-state index contributed by atoms with van der Waals surface area (Å²) in [6.07, 6.45) is 3.32. The number of thioether (sulfide) groups is 1. The van der Waals surface area contributed by atoms with E-state index in [1.54, 1.807) is 0 Å². The van der Waals surface area contributed by atoms with Crippen molar-refractivity contribution in [1.29, 1.82) is 0 Å². The van der Waals surface area contributed by atoms with Crippen molar-refractivity contribution in [2.24, 2.45) is 4.99 Å². The van der Waals surface area contributed by atoms with E-state index in [1.807, 2.05) is 36.2 Å². The smallest absolute Gasteiger partial charge is 0.119 e. The molecule has 0 amide bonds. The monoisotopic (exact) mass is 297 g/mol. The molecule has 0 unspecified atom stereocenters. The summed E-state index contributed by atoms with van der Waals surface area (Å²) in [6, 6.07) is 18.6. The molecule has 0 spiro atoms. The van der Waals surface area contributed by atoms with Gasteiger partial charge < -0.3 is 4.74 Å². The molecule has 0 aliphatic carbocycles. The summed E-state index contributed by atoms with van der Waals surface area (Å²) in [6.45, 7) is 0.821. The van der Waals surface area contributed by atoms with Crippen LogP contribution in [0, 0.1) is 0 Å². The van der Waals surface area contributed by atoms with Crippen LogP contribution in [0.1, 0.15) is 11.1 Å². The van der Waals surface area contributed by atoms with Gasteiger partial charge in [0, 0.05) is 24.3 Å². The van der Waals surface area contributed by atoms with Crippen LogP contribution in [0.2, 0.25) is 0 Å². The maximum Gasteiger partial charge on any atom is 0.119 e. The summed E-state index contributed by atoms with van der Waals surface area (Å²) in [5.41, 5.74) is 2.45. The van der Waals surface area contributed by atoms with E-state index in [1.165, 1.54) is 5.56 Å². The van der Waals surface area contributed by atoms with E-state index in [4.69, 9.17) is 4.74 Å². The Morgan fingerprint density at radius 2 is 1.81 bits per heavy atom. The first-order chi connectivity index (χ1) is 10.4. The summed E-state index contributed by atoms with van der Waals surface area (Å²) in [4.78, 5) is 4.49. The summed E-state index contributed by atoms with van der Waals surface area (Å²) in [5, 5.41) is 0. The standard InChI is InChI=1S/C18H19NOS/c1-2-4-15(5-3-1)10-11-19-12-16-6-8-17(9-7-16)20-18-13-21-14-18/h1-9,12,18H,10-11,13-14H2. The Hall–Kier alpha value is -1.74. The minimum Gasteiger partial charge on any atom is -0.489 e. The van der Waals surface area contributed by atoms with Crippen LogP contribution in [-0.2, 0) is 6.42 Å². The molecule has 0 bridgehead atoms. The van der Waals surface area contributed by atoms with Gasteiger partial charge in [-0.2, -0.15) is 11.8 Å². The van der Waals surface area contributed by atoms with E-state index in [-0.39, 0.29) is 0 Å². The van der Waals surface area contributed by atoms with Crippen LogP contribution in [0.25, 0.3) is 0 Å². The van der Waals surface area contributed by atoms with Crippen molar-refractivity contribution in [2.45, 2.75) is 12.5 Å². The molecule has 1 aliphatic rings. The lowest BCUT2D eigenvalue weighted by Gasteiger charge is -2.25. The molecule has 108 valence electrons. The minimum absolute atomic E-state index is 0.403. The predicted molar refractivity (Wildman–Crippen MR) is 90.8 cm³/mol. The van der Waals surface area contributed by atoms with Crippen LogP contribution in [0.15, 0.2) is 59.6 Å². The molecule has 1 heterocycles. The lowest BCUT2D eigenvalue weighted by atomic mass is 10.1. The maximum atomic E-state index is 5.82. The molecular formula is C18H19NOS. The average molecular weight is 297 g/mol. The Labute approximate surface area is 130 Å². The summed E-state index contributed by atoms with van der Waals surface area (Å²) in [5.74, 6) is 3.19. The zero-order chi connectivity index (χ0) is 14.3. The van der Waals surface area contributed by atoms with Gasteiger partial charge in [0.25, 0.3) is 0 Å². The highest BCUT2D eigenvalue weighted by molar-refractivity contribution is 8.00. The third-order valence-corrected chi connectivity index (χ3v) is 4.62. The third-order valence-electron chi connectivity index (χ3n) is 3.40. The molecule has 0 atom stereocenters. The molecule has 2 aromatic carbocycles. The maximum absolute atomic E-state index is 5.82. The molecule has 3 rings (SSSR count). The van der Waals surface area contributed by atoms with Crippen molar-refractivity contribution >= 4 is 18.0 Å². The van der Waals surface area contributed by atoms with Gasteiger partial charge in [-0.15, -0.1) is 0 Å². The second kappa shape index (κ2) is 7.32. The summed E-state index contributed by atoms with van der Waals surface area (Å²) < 4.78 is 5.82. The quantitative estimate of drug-likeness (QED) is 0.756. The van der Waals surface area contributed by atoms with Gasteiger partial charge in [0.2, 0.25) is 0 Å². The van der Waals surface area contributed by atoms with Crippen molar-refractivity contribution in [3.63, 3.8) is 0 Å². The van der Waals surface area contributed by atoms with Crippen molar-refractivity contribution in [1.82, 2.24) is 0 Å². The molecule has 0 aromatic heterocycles. The van der Waals surface area contributed by atoms with E-state index in [2.05, 4.69) is 41.4 Å². The van der Waals surface area contributed by atoms with Gasteiger partial charge in [0.1, 0.15) is 11.9 Å². The normalized spacial score (nSPS) is 15.0. The second-order valence-corrected chi connectivity index (χ2v) is 6.19. The Bertz CT molecular complexity index is 576. The number of ether oxygens (including phenoxy) is 1. The summed E-state index contributed by atoms with van der Waals surface area (Å²) in [7, 11) is 0. The fourth-order valence-electron chi connectivity index (χ4n) is 2.12. The molecule has 0 N–H and O–H groups in total. The van der Waals surface area contributed by atoms with E-state index in [9.17, 15) is 0 Å². The molecule has 1 fully saturated rings. The molecular weight excluding hydrogens is 278 g/mol. The third kappa shape index (κ3) is 4.36. The number of nitrogens with zero attached hydrogens (tertiary/aromatic N) is 1. The van der Waals surface area contributed by atoms with E-state index >= 15 is 0 Å². The molecule has 1 aliphatic heterocycles. The number of aliphatic imine (C=N–C) groups is 1. The molecule has 2 aromatic rings. The highest BCUT2D eigenvalue weighted by atomic mass is 32.2. The molecule has 2 nitrogen and oxygen atoms in total. The van der Waals surface area contributed by atoms with Crippen molar-refractivity contribution in [2.75, 3.05) is 18.1 Å². The molecule has 21 heavy (non-hydrogen) atoms. The molecule has 0 saturated carbocycles. The Kier molecular flexibility index (Phi) is 4.95. The first-order valence-corrected chi connectivity index (χ1v) is 8.44. The topological polar surface area (TPSA) is 21.6 Å². The van der Waals surface area contributed by atoms with Gasteiger partial charge in [0.05, 0.1) is 0 Å². The highest BCUT2D eigenvalue weighted by Crippen LogP contribution is 2.23. The number of hydrogen-bond donors (Lipinski definition) is 0. The van der Waals surface area contributed by atoms with Crippen LogP contribution in [0.4, 0.5) is 0 Å². The van der Waals surface area contributed by atoms with Gasteiger partial charge in [-0.25, -0.2) is 0 Å². The SMILES string of the molecule is C(=NCCc1ccccc1)c1ccc(OC2CSC2)cc1. The van der Waals surface area contributed by atoms with Crippen molar-refractivity contribution in [3.05, 3.63) is 65.7 Å². The number of rotatable bonds is 6. The second-order valence-electron chi connectivity index (χ2n) is 5.12.